The van der Waals surface area contributed by atoms with E-state index in [4.69, 9.17) is 0 Å². The molecule has 0 aliphatic carbocycles. The summed E-state index contributed by atoms with van der Waals surface area (Å²) in [4.78, 5) is 0. The van der Waals surface area contributed by atoms with Crippen molar-refractivity contribution in [1.29, 1.82) is 0 Å². The third-order valence-electron chi connectivity index (χ3n) is 1.55. The van der Waals surface area contributed by atoms with Crippen LogP contribution in [0.4, 0.5) is 0 Å². The van der Waals surface area contributed by atoms with Crippen LogP contribution in [0.3, 0.4) is 0 Å². The van der Waals surface area contributed by atoms with Crippen molar-refractivity contribution >= 4 is 32.3 Å². The standard InChI is InChI=1S/C9H8P2/c1-2-6-11(7-3-1)9-4-5-10-8-9/h1-8H. The van der Waals surface area contributed by atoms with Crippen molar-refractivity contribution in [1.82, 2.24) is 0 Å². The SMILES string of the molecule is C1=CC=P(=C2C=CP=C2)C=C1. The first kappa shape index (κ1) is 7.10. The zero-order chi connectivity index (χ0) is 7.52. The molecule has 11 heavy (non-hydrogen) atoms. The van der Waals surface area contributed by atoms with Gasteiger partial charge in [0.05, 0.1) is 0 Å². The van der Waals surface area contributed by atoms with Gasteiger partial charge in [0.2, 0.25) is 0 Å². The quantitative estimate of drug-likeness (QED) is 0.500. The second-order valence-corrected chi connectivity index (χ2v) is 5.08. The van der Waals surface area contributed by atoms with Gasteiger partial charge in [0.1, 0.15) is 0 Å². The van der Waals surface area contributed by atoms with Gasteiger partial charge in [-0.2, -0.15) is 0 Å². The van der Waals surface area contributed by atoms with Crippen molar-refractivity contribution in [3.63, 3.8) is 0 Å². The normalized spacial score (nSPS) is 27.6. The van der Waals surface area contributed by atoms with Gasteiger partial charge in [0.15, 0.2) is 0 Å². The molecule has 54 valence electrons. The van der Waals surface area contributed by atoms with Crippen molar-refractivity contribution in [3.05, 3.63) is 35.9 Å². The molecule has 1 atom stereocenters. The van der Waals surface area contributed by atoms with E-state index < -0.39 is 0 Å². The molecule has 2 aliphatic rings. The molecule has 0 aromatic heterocycles. The lowest BCUT2D eigenvalue weighted by Gasteiger charge is -1.93. The molecule has 1 unspecified atom stereocenters. The summed E-state index contributed by atoms with van der Waals surface area (Å²) >= 11 is 0. The lowest BCUT2D eigenvalue weighted by Crippen LogP contribution is -1.85. The summed E-state index contributed by atoms with van der Waals surface area (Å²) in [5.74, 6) is 9.04. The van der Waals surface area contributed by atoms with Gasteiger partial charge in [0, 0.05) is 5.29 Å². The highest BCUT2D eigenvalue weighted by Gasteiger charge is 1.93. The first-order valence-corrected chi connectivity index (χ1v) is 6.01. The lowest BCUT2D eigenvalue weighted by molar-refractivity contribution is 2.06. The average Bonchev–Trinajstić information content (AvgIpc) is 2.58. The fraction of sp³-hybridized carbons (Fsp3) is 0. The molecule has 0 nitrogen and oxygen atoms in total. The highest BCUT2D eigenvalue weighted by atomic mass is 31.1. The smallest absolute Gasteiger partial charge is 0.00272 e. The second-order valence-electron chi connectivity index (χ2n) is 2.30. The first-order valence-electron chi connectivity index (χ1n) is 3.50. The molecule has 0 N–H and O–H groups in total. The van der Waals surface area contributed by atoms with Crippen LogP contribution in [0.2, 0.25) is 0 Å². The van der Waals surface area contributed by atoms with Gasteiger partial charge in [-0.25, -0.2) is 0 Å². The number of rotatable bonds is 0. The summed E-state index contributed by atoms with van der Waals surface area (Å²) in [7, 11) is 1.24. The molecule has 0 saturated heterocycles. The highest BCUT2D eigenvalue weighted by Crippen LogP contribution is 2.20. The van der Waals surface area contributed by atoms with E-state index in [1.165, 1.54) is 13.5 Å². The minimum Gasteiger partial charge on any atom is -0.0930 e. The van der Waals surface area contributed by atoms with Crippen LogP contribution in [-0.2, 0) is 0 Å². The van der Waals surface area contributed by atoms with Gasteiger partial charge >= 0.3 is 0 Å². The Kier molecular flexibility index (Phi) is 2.08. The van der Waals surface area contributed by atoms with E-state index in [1.807, 2.05) is 0 Å². The van der Waals surface area contributed by atoms with Gasteiger partial charge in [-0.1, -0.05) is 33.6 Å². The molecule has 0 bridgehead atoms. The molecule has 2 aliphatic heterocycles. The minimum absolute atomic E-state index is 0.0979. The summed E-state index contributed by atoms with van der Waals surface area (Å²) in [5, 5.41) is 1.49. The Morgan fingerprint density at radius 2 is 2.18 bits per heavy atom. The van der Waals surface area contributed by atoms with E-state index in [9.17, 15) is 0 Å². The van der Waals surface area contributed by atoms with Crippen molar-refractivity contribution in [3.8, 4) is 0 Å². The second kappa shape index (κ2) is 3.22. The molecule has 0 aromatic rings. The summed E-state index contributed by atoms with van der Waals surface area (Å²) in [6.07, 6.45) is 8.58. The fourth-order valence-electron chi connectivity index (χ4n) is 1.01. The van der Waals surface area contributed by atoms with Crippen molar-refractivity contribution in [2.75, 3.05) is 0 Å². The van der Waals surface area contributed by atoms with E-state index in [1.54, 1.807) is 0 Å². The topological polar surface area (TPSA) is 0 Å². The Bertz CT molecular complexity index is 345. The largest absolute Gasteiger partial charge is 0.0930 e. The maximum atomic E-state index is 2.28. The molecule has 0 fully saturated rings. The summed E-state index contributed by atoms with van der Waals surface area (Å²) < 4.78 is 0. The molecule has 0 amide bonds. The summed E-state index contributed by atoms with van der Waals surface area (Å²) in [6.45, 7) is 0. The van der Waals surface area contributed by atoms with Gasteiger partial charge in [-0.3, -0.25) is 0 Å². The van der Waals surface area contributed by atoms with Crippen molar-refractivity contribution in [2.24, 2.45) is 0 Å². The van der Waals surface area contributed by atoms with Gasteiger partial charge < -0.3 is 0 Å². The summed E-state index contributed by atoms with van der Waals surface area (Å²) in [6, 6.07) is 0. The molecule has 2 heterocycles. The van der Waals surface area contributed by atoms with Gasteiger partial charge in [0.25, 0.3) is 0 Å². The highest BCUT2D eigenvalue weighted by molar-refractivity contribution is 7.67. The number of allylic oxidation sites excluding steroid dienone is 4. The number of hydrogen-bond donors (Lipinski definition) is 0. The average molecular weight is 178 g/mol. The molecular formula is C9H8P2. The molecule has 0 radical (unpaired) electrons. The third-order valence-corrected chi connectivity index (χ3v) is 4.37. The predicted octanol–water partition coefficient (Wildman–Crippen LogP) is 2.80. The van der Waals surface area contributed by atoms with Crippen LogP contribution in [0, 0.1) is 0 Å². The maximum Gasteiger partial charge on any atom is 0.00272 e. The van der Waals surface area contributed by atoms with Crippen LogP contribution in [0.15, 0.2) is 35.9 Å². The van der Waals surface area contributed by atoms with Crippen LogP contribution in [0.5, 0.6) is 0 Å². The zero-order valence-electron chi connectivity index (χ0n) is 6.01. The molecule has 0 spiro atoms. The van der Waals surface area contributed by atoms with Crippen molar-refractivity contribution in [2.45, 2.75) is 0 Å². The maximum absolute atomic E-state index is 2.28. The van der Waals surface area contributed by atoms with Crippen molar-refractivity contribution < 1.29 is 0 Å². The van der Waals surface area contributed by atoms with Crippen LogP contribution < -0.4 is 0 Å². The van der Waals surface area contributed by atoms with Crippen LogP contribution in [0.1, 0.15) is 0 Å². The van der Waals surface area contributed by atoms with E-state index >= 15 is 0 Å². The van der Waals surface area contributed by atoms with Gasteiger partial charge in [-0.15, -0.1) is 0 Å². The zero-order valence-corrected chi connectivity index (χ0v) is 7.80. The van der Waals surface area contributed by atoms with Gasteiger partial charge in [-0.05, 0) is 29.3 Å². The van der Waals surface area contributed by atoms with E-state index in [2.05, 4.69) is 47.5 Å². The summed E-state index contributed by atoms with van der Waals surface area (Å²) in [5.41, 5.74) is 0. The first-order chi connectivity index (χ1) is 5.47. The predicted molar refractivity (Wildman–Crippen MR) is 58.4 cm³/mol. The number of hydrogen-bond acceptors (Lipinski definition) is 0. The van der Waals surface area contributed by atoms with E-state index in [0.717, 1.165) is 0 Å². The van der Waals surface area contributed by atoms with Crippen LogP contribution >= 0.6 is 15.4 Å². The lowest BCUT2D eigenvalue weighted by atomic mass is 10.5. The Balaban J connectivity index is 2.56. The monoisotopic (exact) mass is 178 g/mol. The van der Waals surface area contributed by atoms with Crippen LogP contribution in [0.25, 0.3) is 0 Å². The minimum atomic E-state index is -0.0979. The fourth-order valence-corrected chi connectivity index (χ4v) is 3.69. The Morgan fingerprint density at radius 3 is 2.82 bits per heavy atom. The Morgan fingerprint density at radius 1 is 1.18 bits per heavy atom. The molecule has 2 rings (SSSR count). The molecular weight excluding hydrogens is 170 g/mol. The van der Waals surface area contributed by atoms with Crippen LogP contribution in [-0.4, -0.2) is 16.9 Å². The third kappa shape index (κ3) is 1.53. The molecule has 2 heteroatoms. The Labute approximate surface area is 68.8 Å². The van der Waals surface area contributed by atoms with E-state index in [-0.39, 0.29) is 7.17 Å². The molecule has 0 saturated carbocycles. The van der Waals surface area contributed by atoms with E-state index in [0.29, 0.717) is 0 Å². The Hall–Kier alpha value is -0.570. The molecule has 0 aromatic carbocycles.